The van der Waals surface area contributed by atoms with Crippen LogP contribution >= 0.6 is 11.6 Å². The van der Waals surface area contributed by atoms with Gasteiger partial charge in [0.1, 0.15) is 10.8 Å². The Morgan fingerprint density at radius 2 is 2.22 bits per heavy atom. The normalized spacial score (nSPS) is 17.9. The summed E-state index contributed by atoms with van der Waals surface area (Å²) in [5, 5.41) is 3.80. The smallest absolute Gasteiger partial charge is 0.222 e. The van der Waals surface area contributed by atoms with Crippen LogP contribution in [0, 0.1) is 5.92 Å². The number of nitrogens with two attached hydrogens (primary N) is 1. The van der Waals surface area contributed by atoms with Crippen LogP contribution in [0.15, 0.2) is 6.20 Å². The molecule has 2 rings (SSSR count). The van der Waals surface area contributed by atoms with Gasteiger partial charge in [-0.3, -0.25) is 0 Å². The topological polar surface area (TPSA) is 67.1 Å². The number of likely N-dealkylation sites (tertiary alicyclic amines) is 1. The molecule has 1 fully saturated rings. The van der Waals surface area contributed by atoms with Gasteiger partial charge in [0.2, 0.25) is 5.95 Å². The summed E-state index contributed by atoms with van der Waals surface area (Å²) in [5.41, 5.74) is 5.54. The Labute approximate surface area is 113 Å². The lowest BCUT2D eigenvalue weighted by Gasteiger charge is -2.31. The highest BCUT2D eigenvalue weighted by Crippen LogP contribution is 2.21. The van der Waals surface area contributed by atoms with Gasteiger partial charge in [0.15, 0.2) is 0 Å². The second kappa shape index (κ2) is 6.20. The fraction of sp³-hybridized carbons (Fsp3) is 0.667. The predicted molar refractivity (Wildman–Crippen MR) is 74.8 cm³/mol. The van der Waals surface area contributed by atoms with Crippen LogP contribution in [0.4, 0.5) is 11.8 Å². The fourth-order valence-corrected chi connectivity index (χ4v) is 2.41. The zero-order chi connectivity index (χ0) is 13.0. The van der Waals surface area contributed by atoms with Crippen LogP contribution in [0.3, 0.4) is 0 Å². The van der Waals surface area contributed by atoms with E-state index >= 15 is 0 Å². The van der Waals surface area contributed by atoms with Gasteiger partial charge in [-0.25, -0.2) is 4.98 Å². The molecule has 18 heavy (non-hydrogen) atoms. The molecule has 1 aromatic heterocycles. The van der Waals surface area contributed by atoms with Gasteiger partial charge in [-0.05, 0) is 38.4 Å². The molecule has 1 aromatic rings. The summed E-state index contributed by atoms with van der Waals surface area (Å²) >= 11 is 6.01. The molecule has 6 heteroatoms. The number of anilines is 2. The monoisotopic (exact) mass is 269 g/mol. The Bertz CT molecular complexity index is 390. The van der Waals surface area contributed by atoms with E-state index in [0.29, 0.717) is 16.8 Å². The average Bonchev–Trinajstić information content (AvgIpc) is 2.40. The molecular formula is C12H20ClN5. The van der Waals surface area contributed by atoms with Crippen LogP contribution in [-0.4, -0.2) is 41.0 Å². The molecule has 1 saturated heterocycles. The highest BCUT2D eigenvalue weighted by molar-refractivity contribution is 6.32. The lowest BCUT2D eigenvalue weighted by molar-refractivity contribution is 0.198. The van der Waals surface area contributed by atoms with Crippen molar-refractivity contribution in [2.24, 2.45) is 5.92 Å². The molecule has 0 aromatic carbocycles. The largest absolute Gasteiger partial charge is 0.368 e. The van der Waals surface area contributed by atoms with E-state index in [1.807, 2.05) is 0 Å². The number of nitrogens with one attached hydrogen (secondary N) is 1. The maximum absolute atomic E-state index is 6.01. The van der Waals surface area contributed by atoms with Crippen LogP contribution in [0.1, 0.15) is 19.8 Å². The van der Waals surface area contributed by atoms with Gasteiger partial charge in [-0.15, -0.1) is 0 Å². The Hall–Kier alpha value is -1.07. The third-order valence-electron chi connectivity index (χ3n) is 3.48. The molecule has 1 aliphatic heterocycles. The van der Waals surface area contributed by atoms with E-state index in [1.54, 1.807) is 0 Å². The van der Waals surface area contributed by atoms with E-state index in [1.165, 1.54) is 32.1 Å². The number of rotatable bonds is 4. The first-order valence-electron chi connectivity index (χ1n) is 6.43. The summed E-state index contributed by atoms with van der Waals surface area (Å²) in [6, 6.07) is 0. The molecule has 0 saturated carbocycles. The lowest BCUT2D eigenvalue weighted by atomic mass is 9.97. The molecule has 0 spiro atoms. The average molecular weight is 270 g/mol. The zero-order valence-corrected chi connectivity index (χ0v) is 11.5. The molecule has 0 aliphatic carbocycles. The number of hydrogen-bond acceptors (Lipinski definition) is 5. The number of hydrogen-bond donors (Lipinski definition) is 2. The molecular weight excluding hydrogens is 250 g/mol. The minimum Gasteiger partial charge on any atom is -0.368 e. The molecule has 0 amide bonds. The predicted octanol–water partition coefficient (Wildman–Crippen LogP) is 1.86. The van der Waals surface area contributed by atoms with Crippen LogP contribution < -0.4 is 11.1 Å². The Morgan fingerprint density at radius 1 is 1.50 bits per heavy atom. The van der Waals surface area contributed by atoms with Crippen molar-refractivity contribution in [3.8, 4) is 0 Å². The minimum atomic E-state index is 0.253. The summed E-state index contributed by atoms with van der Waals surface area (Å²) in [4.78, 5) is 10.4. The Balaban J connectivity index is 1.83. The van der Waals surface area contributed by atoms with Crippen LogP contribution in [0.25, 0.3) is 0 Å². The molecule has 0 radical (unpaired) electrons. The second-order valence-corrected chi connectivity index (χ2v) is 5.09. The summed E-state index contributed by atoms with van der Waals surface area (Å²) in [7, 11) is 0. The summed E-state index contributed by atoms with van der Waals surface area (Å²) in [5.74, 6) is 1.57. The highest BCUT2D eigenvalue weighted by Gasteiger charge is 2.18. The summed E-state index contributed by atoms with van der Waals surface area (Å²) in [6.45, 7) is 6.62. The molecule has 3 N–H and O–H groups in total. The number of nitrogens with zero attached hydrogens (tertiary/aromatic N) is 3. The Kier molecular flexibility index (Phi) is 4.60. The van der Waals surface area contributed by atoms with Crippen molar-refractivity contribution in [2.45, 2.75) is 19.8 Å². The van der Waals surface area contributed by atoms with Crippen molar-refractivity contribution >= 4 is 23.4 Å². The van der Waals surface area contributed by atoms with Gasteiger partial charge >= 0.3 is 0 Å². The van der Waals surface area contributed by atoms with Crippen molar-refractivity contribution in [3.05, 3.63) is 11.2 Å². The van der Waals surface area contributed by atoms with Gasteiger partial charge in [0.25, 0.3) is 0 Å². The van der Waals surface area contributed by atoms with Gasteiger partial charge in [0, 0.05) is 6.54 Å². The van der Waals surface area contributed by atoms with Crippen molar-refractivity contribution in [2.75, 3.05) is 37.2 Å². The van der Waals surface area contributed by atoms with Crippen LogP contribution in [0.2, 0.25) is 5.02 Å². The van der Waals surface area contributed by atoms with Gasteiger partial charge in [0.05, 0.1) is 6.20 Å². The van der Waals surface area contributed by atoms with Gasteiger partial charge in [-0.2, -0.15) is 4.98 Å². The summed E-state index contributed by atoms with van der Waals surface area (Å²) in [6.07, 6.45) is 3.98. The lowest BCUT2D eigenvalue weighted by Crippen LogP contribution is -2.35. The van der Waals surface area contributed by atoms with Gasteiger partial charge < -0.3 is 16.0 Å². The minimum absolute atomic E-state index is 0.253. The van der Waals surface area contributed by atoms with Crippen molar-refractivity contribution in [1.82, 2.24) is 14.9 Å². The SMILES string of the molecule is CCN1CCC(CNc2nc(N)ncc2Cl)CC1. The maximum atomic E-state index is 6.01. The standard InChI is InChI=1S/C12H20ClN5/c1-2-18-5-3-9(4-6-18)7-15-11-10(13)8-16-12(14)17-11/h8-9H,2-7H2,1H3,(H3,14,15,16,17). The molecule has 1 aliphatic rings. The van der Waals surface area contributed by atoms with Crippen LogP contribution in [-0.2, 0) is 0 Å². The summed E-state index contributed by atoms with van der Waals surface area (Å²) < 4.78 is 0. The van der Waals surface area contributed by atoms with E-state index in [9.17, 15) is 0 Å². The van der Waals surface area contributed by atoms with E-state index in [-0.39, 0.29) is 5.95 Å². The van der Waals surface area contributed by atoms with Crippen LogP contribution in [0.5, 0.6) is 0 Å². The zero-order valence-electron chi connectivity index (χ0n) is 10.7. The Morgan fingerprint density at radius 3 is 2.89 bits per heavy atom. The molecule has 2 heterocycles. The highest BCUT2D eigenvalue weighted by atomic mass is 35.5. The second-order valence-electron chi connectivity index (χ2n) is 4.68. The fourth-order valence-electron chi connectivity index (χ4n) is 2.25. The number of halogens is 1. The molecule has 0 bridgehead atoms. The van der Waals surface area contributed by atoms with E-state index < -0.39 is 0 Å². The molecule has 5 nitrogen and oxygen atoms in total. The van der Waals surface area contributed by atoms with E-state index in [2.05, 4.69) is 27.1 Å². The third-order valence-corrected chi connectivity index (χ3v) is 3.75. The number of aromatic nitrogens is 2. The number of nitrogen functional groups attached to an aromatic ring is 1. The van der Waals surface area contributed by atoms with Crippen molar-refractivity contribution in [3.63, 3.8) is 0 Å². The molecule has 0 unspecified atom stereocenters. The maximum Gasteiger partial charge on any atom is 0.222 e. The van der Waals surface area contributed by atoms with Gasteiger partial charge in [-0.1, -0.05) is 18.5 Å². The number of piperidine rings is 1. The quantitative estimate of drug-likeness (QED) is 0.873. The van der Waals surface area contributed by atoms with E-state index in [0.717, 1.165) is 13.1 Å². The first-order chi connectivity index (χ1) is 8.69. The third kappa shape index (κ3) is 3.46. The van der Waals surface area contributed by atoms with Crippen molar-refractivity contribution in [1.29, 1.82) is 0 Å². The molecule has 0 atom stereocenters. The first kappa shape index (κ1) is 13.4. The molecule has 100 valence electrons. The first-order valence-corrected chi connectivity index (χ1v) is 6.81. The van der Waals surface area contributed by atoms with E-state index in [4.69, 9.17) is 17.3 Å². The van der Waals surface area contributed by atoms with Crippen molar-refractivity contribution < 1.29 is 0 Å².